The lowest BCUT2D eigenvalue weighted by molar-refractivity contribution is -0.109. The van der Waals surface area contributed by atoms with E-state index in [1.807, 2.05) is 24.3 Å². The Kier molecular flexibility index (Phi) is 7.28. The number of ether oxygens (including phenoxy) is 1. The standard InChI is InChI=1S/C14H19NO3/c16-10-2-1-3-11-18-14-6-4-13(5-7-14)8-9-15-12-17/h4-7,10,12H,1-3,8-9,11H2,(H,15,17). The number of hydrogen-bond donors (Lipinski definition) is 1. The van der Waals surface area contributed by atoms with Crippen LogP contribution in [0.15, 0.2) is 24.3 Å². The van der Waals surface area contributed by atoms with Gasteiger partial charge in [0.05, 0.1) is 6.61 Å². The van der Waals surface area contributed by atoms with E-state index in [2.05, 4.69) is 5.32 Å². The Bertz CT molecular complexity index is 349. The van der Waals surface area contributed by atoms with Crippen molar-refractivity contribution in [1.29, 1.82) is 0 Å². The Morgan fingerprint density at radius 3 is 2.56 bits per heavy atom. The van der Waals surface area contributed by atoms with Crippen molar-refractivity contribution in [1.82, 2.24) is 5.32 Å². The van der Waals surface area contributed by atoms with Crippen LogP contribution in [0.25, 0.3) is 0 Å². The summed E-state index contributed by atoms with van der Waals surface area (Å²) in [5, 5.41) is 2.62. The minimum Gasteiger partial charge on any atom is -0.494 e. The molecule has 0 unspecified atom stereocenters. The Balaban J connectivity index is 2.22. The van der Waals surface area contributed by atoms with Gasteiger partial charge in [-0.3, -0.25) is 4.79 Å². The third kappa shape index (κ3) is 6.03. The van der Waals surface area contributed by atoms with Crippen LogP contribution in [0.3, 0.4) is 0 Å². The molecule has 0 radical (unpaired) electrons. The van der Waals surface area contributed by atoms with Gasteiger partial charge in [-0.25, -0.2) is 0 Å². The third-order valence-corrected chi connectivity index (χ3v) is 2.55. The molecule has 0 aliphatic heterocycles. The van der Waals surface area contributed by atoms with Crippen molar-refractivity contribution in [3.8, 4) is 5.75 Å². The van der Waals surface area contributed by atoms with Gasteiger partial charge in [-0.2, -0.15) is 0 Å². The normalized spacial score (nSPS) is 9.78. The number of amides is 1. The molecule has 4 heteroatoms. The Morgan fingerprint density at radius 1 is 1.11 bits per heavy atom. The smallest absolute Gasteiger partial charge is 0.207 e. The fourth-order valence-electron chi connectivity index (χ4n) is 1.55. The second-order valence-corrected chi connectivity index (χ2v) is 3.98. The van der Waals surface area contributed by atoms with Crippen LogP contribution in [0, 0.1) is 0 Å². The van der Waals surface area contributed by atoms with Gasteiger partial charge in [0.15, 0.2) is 0 Å². The molecule has 0 aliphatic carbocycles. The van der Waals surface area contributed by atoms with Crippen molar-refractivity contribution in [2.24, 2.45) is 0 Å². The van der Waals surface area contributed by atoms with E-state index in [9.17, 15) is 9.59 Å². The molecule has 0 atom stereocenters. The van der Waals surface area contributed by atoms with E-state index in [1.54, 1.807) is 0 Å². The zero-order valence-corrected chi connectivity index (χ0v) is 10.4. The highest BCUT2D eigenvalue weighted by molar-refractivity contribution is 5.48. The maximum atomic E-state index is 10.1. The predicted molar refractivity (Wildman–Crippen MR) is 69.6 cm³/mol. The molecule has 0 saturated carbocycles. The van der Waals surface area contributed by atoms with Gasteiger partial charge < -0.3 is 14.8 Å². The highest BCUT2D eigenvalue weighted by Gasteiger charge is 1.96. The topological polar surface area (TPSA) is 55.4 Å². The van der Waals surface area contributed by atoms with Crippen molar-refractivity contribution in [3.05, 3.63) is 29.8 Å². The Labute approximate surface area is 107 Å². The summed E-state index contributed by atoms with van der Waals surface area (Å²) < 4.78 is 5.55. The summed E-state index contributed by atoms with van der Waals surface area (Å²) in [6, 6.07) is 7.84. The molecule has 98 valence electrons. The van der Waals surface area contributed by atoms with Gasteiger partial charge in [-0.05, 0) is 37.0 Å². The van der Waals surface area contributed by atoms with Crippen molar-refractivity contribution < 1.29 is 14.3 Å². The van der Waals surface area contributed by atoms with Crippen LogP contribution in [-0.4, -0.2) is 25.8 Å². The number of nitrogens with one attached hydrogen (secondary N) is 1. The molecule has 0 saturated heterocycles. The predicted octanol–water partition coefficient (Wildman–Crippen LogP) is 1.72. The first-order valence-electron chi connectivity index (χ1n) is 6.19. The van der Waals surface area contributed by atoms with Gasteiger partial charge >= 0.3 is 0 Å². The SMILES string of the molecule is O=CCCCCOc1ccc(CCNC=O)cc1. The fourth-order valence-corrected chi connectivity index (χ4v) is 1.55. The van der Waals surface area contributed by atoms with Crippen LogP contribution in [-0.2, 0) is 16.0 Å². The van der Waals surface area contributed by atoms with Crippen LogP contribution in [0.2, 0.25) is 0 Å². The number of carbonyl (C=O) groups is 2. The minimum atomic E-state index is 0.603. The first-order chi connectivity index (χ1) is 8.86. The number of carbonyl (C=O) groups excluding carboxylic acids is 2. The van der Waals surface area contributed by atoms with Gasteiger partial charge in [0.25, 0.3) is 0 Å². The summed E-state index contributed by atoms with van der Waals surface area (Å²) in [6.07, 6.45) is 4.83. The second-order valence-electron chi connectivity index (χ2n) is 3.98. The Hall–Kier alpha value is -1.84. The zero-order chi connectivity index (χ0) is 13.1. The first kappa shape index (κ1) is 14.2. The van der Waals surface area contributed by atoms with Gasteiger partial charge in [-0.1, -0.05) is 12.1 Å². The molecule has 1 aromatic carbocycles. The summed E-state index contributed by atoms with van der Waals surface area (Å²) in [6.45, 7) is 1.29. The van der Waals surface area contributed by atoms with E-state index in [1.165, 1.54) is 0 Å². The van der Waals surface area contributed by atoms with Crippen molar-refractivity contribution in [2.75, 3.05) is 13.2 Å². The van der Waals surface area contributed by atoms with Crippen LogP contribution in [0.5, 0.6) is 5.75 Å². The highest BCUT2D eigenvalue weighted by atomic mass is 16.5. The van der Waals surface area contributed by atoms with Gasteiger partial charge in [0.1, 0.15) is 12.0 Å². The van der Waals surface area contributed by atoms with Crippen LogP contribution in [0.1, 0.15) is 24.8 Å². The molecule has 1 aromatic rings. The molecular weight excluding hydrogens is 230 g/mol. The molecular formula is C14H19NO3. The summed E-state index contributed by atoms with van der Waals surface area (Å²) in [4.78, 5) is 20.2. The summed E-state index contributed by atoms with van der Waals surface area (Å²) in [7, 11) is 0. The van der Waals surface area contributed by atoms with Crippen molar-refractivity contribution in [2.45, 2.75) is 25.7 Å². The van der Waals surface area contributed by atoms with E-state index >= 15 is 0 Å². The number of aldehydes is 1. The lowest BCUT2D eigenvalue weighted by Crippen LogP contribution is -2.14. The second kappa shape index (κ2) is 9.22. The average molecular weight is 249 g/mol. The number of unbranched alkanes of at least 4 members (excludes halogenated alkanes) is 2. The van der Waals surface area contributed by atoms with E-state index in [-0.39, 0.29) is 0 Å². The number of benzene rings is 1. The maximum Gasteiger partial charge on any atom is 0.207 e. The molecule has 18 heavy (non-hydrogen) atoms. The largest absolute Gasteiger partial charge is 0.494 e. The average Bonchev–Trinajstić information content (AvgIpc) is 2.40. The summed E-state index contributed by atoms with van der Waals surface area (Å²) in [5.41, 5.74) is 1.16. The summed E-state index contributed by atoms with van der Waals surface area (Å²) >= 11 is 0. The molecule has 1 rings (SSSR count). The van der Waals surface area contributed by atoms with E-state index in [0.717, 1.165) is 36.9 Å². The van der Waals surface area contributed by atoms with Crippen molar-refractivity contribution in [3.63, 3.8) is 0 Å². The monoisotopic (exact) mass is 249 g/mol. The lowest BCUT2D eigenvalue weighted by Gasteiger charge is -2.06. The fraction of sp³-hybridized carbons (Fsp3) is 0.429. The lowest BCUT2D eigenvalue weighted by atomic mass is 10.1. The van der Waals surface area contributed by atoms with E-state index < -0.39 is 0 Å². The van der Waals surface area contributed by atoms with Gasteiger partial charge in [0.2, 0.25) is 6.41 Å². The van der Waals surface area contributed by atoms with Crippen LogP contribution >= 0.6 is 0 Å². The van der Waals surface area contributed by atoms with E-state index in [0.29, 0.717) is 26.0 Å². The molecule has 0 bridgehead atoms. The quantitative estimate of drug-likeness (QED) is 0.507. The molecule has 0 spiro atoms. The van der Waals surface area contributed by atoms with Crippen LogP contribution < -0.4 is 10.1 Å². The third-order valence-electron chi connectivity index (χ3n) is 2.55. The number of hydrogen-bond acceptors (Lipinski definition) is 3. The summed E-state index contributed by atoms with van der Waals surface area (Å²) in [5.74, 6) is 0.841. The van der Waals surface area contributed by atoms with E-state index in [4.69, 9.17) is 4.74 Å². The molecule has 1 N–H and O–H groups in total. The molecule has 0 aliphatic rings. The van der Waals surface area contributed by atoms with Gasteiger partial charge in [0, 0.05) is 13.0 Å². The minimum absolute atomic E-state index is 0.603. The molecule has 1 amide bonds. The maximum absolute atomic E-state index is 10.1. The van der Waals surface area contributed by atoms with Crippen molar-refractivity contribution >= 4 is 12.7 Å². The molecule has 0 heterocycles. The molecule has 0 fully saturated rings. The molecule has 0 aromatic heterocycles. The molecule has 4 nitrogen and oxygen atoms in total. The number of rotatable bonds is 10. The Morgan fingerprint density at radius 2 is 1.89 bits per heavy atom. The highest BCUT2D eigenvalue weighted by Crippen LogP contribution is 2.13. The first-order valence-corrected chi connectivity index (χ1v) is 6.19. The zero-order valence-electron chi connectivity index (χ0n) is 10.4. The van der Waals surface area contributed by atoms with Gasteiger partial charge in [-0.15, -0.1) is 0 Å². The van der Waals surface area contributed by atoms with Crippen LogP contribution in [0.4, 0.5) is 0 Å².